The van der Waals surface area contributed by atoms with Crippen LogP contribution in [0.5, 0.6) is 0 Å². The van der Waals surface area contributed by atoms with Crippen LogP contribution in [-0.2, 0) is 16.1 Å². The third kappa shape index (κ3) is 3.82. The zero-order chi connectivity index (χ0) is 14.4. The van der Waals surface area contributed by atoms with Gasteiger partial charge in [-0.25, -0.2) is 4.79 Å². The molecule has 0 radical (unpaired) electrons. The van der Waals surface area contributed by atoms with Gasteiger partial charge in [0.2, 0.25) is 5.91 Å². The number of esters is 1. The van der Waals surface area contributed by atoms with Crippen molar-refractivity contribution in [1.82, 2.24) is 14.7 Å². The van der Waals surface area contributed by atoms with E-state index in [-0.39, 0.29) is 12.5 Å². The highest BCUT2D eigenvalue weighted by atomic mass is 16.5. The summed E-state index contributed by atoms with van der Waals surface area (Å²) in [5, 5.41) is 4.05. The molecule has 0 spiro atoms. The Bertz CT molecular complexity index is 462. The number of rotatable bonds is 4. The third-order valence-electron chi connectivity index (χ3n) is 3.40. The maximum Gasteiger partial charge on any atom is 0.341 e. The second-order valence-corrected chi connectivity index (χ2v) is 4.94. The molecule has 0 unspecified atom stereocenters. The number of hydrogen-bond acceptors (Lipinski definition) is 4. The van der Waals surface area contributed by atoms with Crippen molar-refractivity contribution in [2.45, 2.75) is 39.2 Å². The van der Waals surface area contributed by atoms with Gasteiger partial charge in [0.05, 0.1) is 18.4 Å². The summed E-state index contributed by atoms with van der Waals surface area (Å²) < 4.78 is 6.39. The first-order valence-corrected chi connectivity index (χ1v) is 7.18. The molecule has 0 atom stereocenters. The molecule has 0 bridgehead atoms. The fourth-order valence-corrected chi connectivity index (χ4v) is 2.33. The quantitative estimate of drug-likeness (QED) is 0.783. The molecule has 0 aromatic carbocycles. The van der Waals surface area contributed by atoms with Gasteiger partial charge in [0, 0.05) is 19.3 Å². The molecule has 1 aromatic rings. The van der Waals surface area contributed by atoms with E-state index in [1.165, 1.54) is 23.7 Å². The fraction of sp³-hybridized carbons (Fsp3) is 0.643. The molecule has 1 saturated heterocycles. The lowest BCUT2D eigenvalue weighted by Crippen LogP contribution is -2.34. The lowest BCUT2D eigenvalue weighted by atomic mass is 10.2. The van der Waals surface area contributed by atoms with Crippen LogP contribution < -0.4 is 0 Å². The first-order valence-electron chi connectivity index (χ1n) is 7.18. The van der Waals surface area contributed by atoms with E-state index >= 15 is 0 Å². The Morgan fingerprint density at radius 3 is 2.60 bits per heavy atom. The molecule has 0 aliphatic carbocycles. The predicted octanol–water partition coefficient (Wildman–Crippen LogP) is 1.46. The van der Waals surface area contributed by atoms with Crippen molar-refractivity contribution in [2.24, 2.45) is 0 Å². The number of carbonyl (C=O) groups is 2. The topological polar surface area (TPSA) is 64.4 Å². The maximum atomic E-state index is 12.2. The third-order valence-corrected chi connectivity index (χ3v) is 3.40. The highest BCUT2D eigenvalue weighted by Crippen LogP contribution is 2.10. The van der Waals surface area contributed by atoms with Gasteiger partial charge >= 0.3 is 5.97 Å². The van der Waals surface area contributed by atoms with E-state index in [2.05, 4.69) is 5.10 Å². The molecule has 0 saturated carbocycles. The van der Waals surface area contributed by atoms with Crippen molar-refractivity contribution < 1.29 is 14.3 Å². The van der Waals surface area contributed by atoms with Gasteiger partial charge in [0.15, 0.2) is 0 Å². The molecule has 1 aromatic heterocycles. The summed E-state index contributed by atoms with van der Waals surface area (Å²) >= 11 is 0. The normalized spacial score (nSPS) is 15.8. The van der Waals surface area contributed by atoms with Crippen LogP contribution in [0.25, 0.3) is 0 Å². The van der Waals surface area contributed by atoms with E-state index < -0.39 is 5.97 Å². The molecule has 1 amide bonds. The van der Waals surface area contributed by atoms with Gasteiger partial charge in [0.25, 0.3) is 0 Å². The maximum absolute atomic E-state index is 12.2. The van der Waals surface area contributed by atoms with E-state index in [9.17, 15) is 9.59 Å². The smallest absolute Gasteiger partial charge is 0.341 e. The van der Waals surface area contributed by atoms with Crippen molar-refractivity contribution in [3.8, 4) is 0 Å². The van der Waals surface area contributed by atoms with Gasteiger partial charge in [-0.1, -0.05) is 12.8 Å². The summed E-state index contributed by atoms with van der Waals surface area (Å²) in [7, 11) is 0. The molecule has 6 heteroatoms. The Balaban J connectivity index is 1.92. The second kappa shape index (κ2) is 7.07. The molecule has 1 aliphatic rings. The van der Waals surface area contributed by atoms with Crippen molar-refractivity contribution >= 4 is 11.9 Å². The van der Waals surface area contributed by atoms with Crippen LogP contribution in [0.15, 0.2) is 12.4 Å². The fourth-order valence-electron chi connectivity index (χ4n) is 2.33. The molecule has 2 heterocycles. The zero-order valence-corrected chi connectivity index (χ0v) is 11.9. The number of nitrogens with zero attached hydrogens (tertiary/aromatic N) is 3. The number of ether oxygens (including phenoxy) is 1. The van der Waals surface area contributed by atoms with Gasteiger partial charge in [-0.2, -0.15) is 5.10 Å². The monoisotopic (exact) mass is 279 g/mol. The van der Waals surface area contributed by atoms with E-state index in [0.29, 0.717) is 12.2 Å². The number of hydrogen-bond donors (Lipinski definition) is 0. The van der Waals surface area contributed by atoms with Gasteiger partial charge in [0.1, 0.15) is 6.54 Å². The van der Waals surface area contributed by atoms with Crippen LogP contribution in [0.1, 0.15) is 43.0 Å². The SMILES string of the molecule is CCOC(=O)c1cnn(CC(=O)N2CCCCCC2)c1. The van der Waals surface area contributed by atoms with Crippen LogP contribution in [0.4, 0.5) is 0 Å². The molecule has 0 N–H and O–H groups in total. The van der Waals surface area contributed by atoms with Crippen molar-refractivity contribution in [2.75, 3.05) is 19.7 Å². The van der Waals surface area contributed by atoms with E-state index in [0.717, 1.165) is 25.9 Å². The van der Waals surface area contributed by atoms with Gasteiger partial charge in [-0.15, -0.1) is 0 Å². The minimum Gasteiger partial charge on any atom is -0.462 e. The number of likely N-dealkylation sites (tertiary alicyclic amines) is 1. The number of carbonyl (C=O) groups excluding carboxylic acids is 2. The Kier molecular flexibility index (Phi) is 5.15. The van der Waals surface area contributed by atoms with E-state index in [4.69, 9.17) is 4.74 Å². The van der Waals surface area contributed by atoms with E-state index in [1.807, 2.05) is 4.90 Å². The Labute approximate surface area is 118 Å². The average Bonchev–Trinajstić information content (AvgIpc) is 2.73. The second-order valence-electron chi connectivity index (χ2n) is 4.94. The molecule has 110 valence electrons. The largest absolute Gasteiger partial charge is 0.462 e. The minimum absolute atomic E-state index is 0.0606. The summed E-state index contributed by atoms with van der Waals surface area (Å²) in [5.41, 5.74) is 0.385. The standard InChI is InChI=1S/C14H21N3O3/c1-2-20-14(19)12-9-15-17(10-12)11-13(18)16-7-5-3-4-6-8-16/h9-10H,2-8,11H2,1H3. The molecule has 6 nitrogen and oxygen atoms in total. The highest BCUT2D eigenvalue weighted by Gasteiger charge is 2.17. The zero-order valence-electron chi connectivity index (χ0n) is 11.9. The van der Waals surface area contributed by atoms with Crippen LogP contribution in [0.2, 0.25) is 0 Å². The van der Waals surface area contributed by atoms with Crippen molar-refractivity contribution in [1.29, 1.82) is 0 Å². The van der Waals surface area contributed by atoms with Gasteiger partial charge in [-0.05, 0) is 19.8 Å². The molecular weight excluding hydrogens is 258 g/mol. The number of aromatic nitrogens is 2. The summed E-state index contributed by atoms with van der Waals surface area (Å²) in [6, 6.07) is 0. The number of amides is 1. The van der Waals surface area contributed by atoms with Crippen LogP contribution in [0.3, 0.4) is 0 Å². The minimum atomic E-state index is -0.402. The Morgan fingerprint density at radius 1 is 1.25 bits per heavy atom. The Morgan fingerprint density at radius 2 is 1.95 bits per heavy atom. The molecule has 20 heavy (non-hydrogen) atoms. The van der Waals surface area contributed by atoms with Gasteiger partial charge < -0.3 is 9.64 Å². The van der Waals surface area contributed by atoms with Crippen LogP contribution in [0, 0.1) is 0 Å². The van der Waals surface area contributed by atoms with Crippen molar-refractivity contribution in [3.05, 3.63) is 18.0 Å². The first-order chi connectivity index (χ1) is 9.70. The van der Waals surface area contributed by atoms with Crippen LogP contribution in [-0.4, -0.2) is 46.3 Å². The summed E-state index contributed by atoms with van der Waals surface area (Å²) in [5.74, 6) is -0.341. The summed E-state index contributed by atoms with van der Waals surface area (Å²) in [4.78, 5) is 25.6. The first kappa shape index (κ1) is 14.6. The molecule has 1 fully saturated rings. The average molecular weight is 279 g/mol. The Hall–Kier alpha value is -1.85. The summed E-state index contributed by atoms with van der Waals surface area (Å²) in [6.45, 7) is 3.91. The van der Waals surface area contributed by atoms with Crippen LogP contribution >= 0.6 is 0 Å². The van der Waals surface area contributed by atoms with Crippen molar-refractivity contribution in [3.63, 3.8) is 0 Å². The molecule has 1 aliphatic heterocycles. The molecular formula is C14H21N3O3. The lowest BCUT2D eigenvalue weighted by molar-refractivity contribution is -0.132. The summed E-state index contributed by atoms with van der Waals surface area (Å²) in [6.07, 6.45) is 7.52. The molecule has 2 rings (SSSR count). The predicted molar refractivity (Wildman–Crippen MR) is 73.2 cm³/mol. The lowest BCUT2D eigenvalue weighted by Gasteiger charge is -2.20. The van der Waals surface area contributed by atoms with E-state index in [1.54, 1.807) is 13.1 Å². The van der Waals surface area contributed by atoms with Gasteiger partial charge in [-0.3, -0.25) is 9.48 Å². The highest BCUT2D eigenvalue weighted by molar-refractivity contribution is 5.88.